The summed E-state index contributed by atoms with van der Waals surface area (Å²) < 4.78 is 79.7. The molecule has 110 valence electrons. The number of alkyl halides is 6. The van der Waals surface area contributed by atoms with Crippen molar-refractivity contribution in [2.24, 2.45) is 0 Å². The van der Waals surface area contributed by atoms with Crippen LogP contribution >= 0.6 is 0 Å². The van der Waals surface area contributed by atoms with Crippen molar-refractivity contribution in [1.82, 2.24) is 0 Å². The van der Waals surface area contributed by atoms with E-state index in [-0.39, 0.29) is 18.4 Å². The fourth-order valence-electron chi connectivity index (χ4n) is 1.47. The van der Waals surface area contributed by atoms with Gasteiger partial charge in [0.1, 0.15) is 0 Å². The van der Waals surface area contributed by atoms with E-state index in [1.807, 2.05) is 0 Å². The molecule has 0 bridgehead atoms. The molecule has 0 aliphatic heterocycles. The molecule has 0 fully saturated rings. The highest BCUT2D eigenvalue weighted by atomic mass is 19.4. The predicted molar refractivity (Wildman–Crippen MR) is 53.2 cm³/mol. The number of esters is 1. The van der Waals surface area contributed by atoms with Crippen LogP contribution in [0.1, 0.15) is 31.8 Å². The molecule has 1 aromatic carbocycles. The lowest BCUT2D eigenvalue weighted by molar-refractivity contribution is -0.162. The van der Waals surface area contributed by atoms with Gasteiger partial charge in [-0.25, -0.2) is 4.79 Å². The Balaban J connectivity index is 3.71. The highest BCUT2D eigenvalue weighted by molar-refractivity contribution is 5.98. The van der Waals surface area contributed by atoms with Gasteiger partial charge >= 0.3 is 18.3 Å². The topological polar surface area (TPSA) is 43.4 Å². The van der Waals surface area contributed by atoms with Crippen molar-refractivity contribution in [2.75, 3.05) is 7.11 Å². The third-order valence-corrected chi connectivity index (χ3v) is 2.33. The first-order chi connectivity index (χ1) is 9.02. The molecule has 0 spiro atoms. The van der Waals surface area contributed by atoms with Crippen molar-refractivity contribution in [3.63, 3.8) is 0 Å². The lowest BCUT2D eigenvalue weighted by Gasteiger charge is -2.17. The number of carbonyl (C=O) groups is 2. The second-order valence-corrected chi connectivity index (χ2v) is 3.59. The Morgan fingerprint density at radius 3 is 1.85 bits per heavy atom. The van der Waals surface area contributed by atoms with Gasteiger partial charge in [0.25, 0.3) is 0 Å². The Morgan fingerprint density at radius 1 is 1.05 bits per heavy atom. The van der Waals surface area contributed by atoms with Crippen LogP contribution in [0.4, 0.5) is 26.3 Å². The molecule has 0 atom stereocenters. The van der Waals surface area contributed by atoms with Crippen LogP contribution in [0.5, 0.6) is 0 Å². The fourth-order valence-corrected chi connectivity index (χ4v) is 1.47. The summed E-state index contributed by atoms with van der Waals surface area (Å²) in [5.74, 6) is -1.34. The molecule has 0 N–H and O–H groups in total. The number of ether oxygens (including phenoxy) is 1. The molecule has 0 saturated heterocycles. The van der Waals surface area contributed by atoms with Gasteiger partial charge < -0.3 is 4.74 Å². The van der Waals surface area contributed by atoms with E-state index in [1.165, 1.54) is 0 Å². The van der Waals surface area contributed by atoms with Crippen LogP contribution in [-0.4, -0.2) is 19.4 Å². The highest BCUT2D eigenvalue weighted by Gasteiger charge is 2.44. The van der Waals surface area contributed by atoms with Gasteiger partial charge in [0.15, 0.2) is 6.29 Å². The van der Waals surface area contributed by atoms with Crippen LogP contribution in [0.2, 0.25) is 0 Å². The Morgan fingerprint density at radius 2 is 1.50 bits per heavy atom. The molecule has 0 unspecified atom stereocenters. The number of methoxy groups -OCH3 is 1. The summed E-state index contributed by atoms with van der Waals surface area (Å²) in [6.45, 7) is 0. The van der Waals surface area contributed by atoms with E-state index in [1.54, 1.807) is 0 Å². The first kappa shape index (κ1) is 16.0. The molecule has 3 nitrogen and oxygen atoms in total. The number of carbonyl (C=O) groups excluding carboxylic acids is 2. The highest BCUT2D eigenvalue weighted by Crippen LogP contribution is 2.41. The number of benzene rings is 1. The molecule has 1 rings (SSSR count). The summed E-state index contributed by atoms with van der Waals surface area (Å²) in [5, 5.41) is 0. The molecule has 0 aromatic heterocycles. The monoisotopic (exact) mass is 300 g/mol. The molecular weight excluding hydrogens is 294 g/mol. The first-order valence-corrected chi connectivity index (χ1v) is 4.88. The number of aldehydes is 1. The van der Waals surface area contributed by atoms with E-state index >= 15 is 0 Å². The zero-order valence-electron chi connectivity index (χ0n) is 9.72. The lowest BCUT2D eigenvalue weighted by Crippen LogP contribution is -2.19. The van der Waals surface area contributed by atoms with Crippen molar-refractivity contribution in [3.05, 3.63) is 34.4 Å². The SMILES string of the molecule is COC(=O)c1cc(C(F)(F)F)c(C(F)(F)F)cc1C=O. The quantitative estimate of drug-likeness (QED) is 0.478. The average Bonchev–Trinajstić information content (AvgIpc) is 2.33. The maximum atomic E-state index is 12.6. The molecular formula is C11H6F6O3. The summed E-state index contributed by atoms with van der Waals surface area (Å²) in [6.07, 6.45) is -10.8. The van der Waals surface area contributed by atoms with Crippen LogP contribution in [0.15, 0.2) is 12.1 Å². The predicted octanol–water partition coefficient (Wildman–Crippen LogP) is 3.32. The van der Waals surface area contributed by atoms with Gasteiger partial charge in [-0.05, 0) is 12.1 Å². The van der Waals surface area contributed by atoms with Crippen LogP contribution < -0.4 is 0 Å². The van der Waals surface area contributed by atoms with Gasteiger partial charge in [-0.15, -0.1) is 0 Å². The molecule has 20 heavy (non-hydrogen) atoms. The minimum atomic E-state index is -5.34. The van der Waals surface area contributed by atoms with Crippen LogP contribution in [-0.2, 0) is 17.1 Å². The van der Waals surface area contributed by atoms with Gasteiger partial charge in [0.2, 0.25) is 0 Å². The summed E-state index contributed by atoms with van der Waals surface area (Å²) in [6, 6.07) is -0.0690. The second kappa shape index (κ2) is 5.14. The number of hydrogen-bond acceptors (Lipinski definition) is 3. The Labute approximate surface area is 108 Å². The maximum absolute atomic E-state index is 12.6. The Kier molecular flexibility index (Phi) is 4.11. The molecule has 0 heterocycles. The van der Waals surface area contributed by atoms with Gasteiger partial charge in [-0.2, -0.15) is 26.3 Å². The van der Waals surface area contributed by atoms with E-state index < -0.39 is 40.6 Å². The summed E-state index contributed by atoms with van der Waals surface area (Å²) >= 11 is 0. The average molecular weight is 300 g/mol. The summed E-state index contributed by atoms with van der Waals surface area (Å²) in [7, 11) is 0.821. The van der Waals surface area contributed by atoms with E-state index in [0.29, 0.717) is 0 Å². The molecule has 0 amide bonds. The minimum Gasteiger partial charge on any atom is -0.465 e. The Hall–Kier alpha value is -2.06. The third kappa shape index (κ3) is 3.09. The molecule has 0 radical (unpaired) electrons. The second-order valence-electron chi connectivity index (χ2n) is 3.59. The largest absolute Gasteiger partial charge is 0.465 e. The van der Waals surface area contributed by atoms with Crippen LogP contribution in [0, 0.1) is 0 Å². The molecule has 0 saturated carbocycles. The van der Waals surface area contributed by atoms with E-state index in [0.717, 1.165) is 7.11 Å². The van der Waals surface area contributed by atoms with Crippen molar-refractivity contribution in [3.8, 4) is 0 Å². The summed E-state index contributed by atoms with van der Waals surface area (Å²) in [5.41, 5.74) is -5.82. The van der Waals surface area contributed by atoms with Crippen molar-refractivity contribution >= 4 is 12.3 Å². The number of halogens is 6. The summed E-state index contributed by atoms with van der Waals surface area (Å²) in [4.78, 5) is 21.8. The smallest absolute Gasteiger partial charge is 0.417 e. The molecule has 9 heteroatoms. The third-order valence-electron chi connectivity index (χ3n) is 2.33. The maximum Gasteiger partial charge on any atom is 0.417 e. The zero-order chi connectivity index (χ0) is 15.7. The zero-order valence-corrected chi connectivity index (χ0v) is 9.72. The molecule has 0 aliphatic carbocycles. The minimum absolute atomic E-state index is 0.0257. The normalized spacial score (nSPS) is 12.2. The van der Waals surface area contributed by atoms with Gasteiger partial charge in [-0.1, -0.05) is 0 Å². The molecule has 1 aromatic rings. The standard InChI is InChI=1S/C11H6F6O3/c1-20-9(19)6-3-8(11(15,16)17)7(10(12,13)14)2-5(6)4-18/h2-4H,1H3. The van der Waals surface area contributed by atoms with E-state index in [2.05, 4.69) is 4.74 Å². The van der Waals surface area contributed by atoms with Crippen LogP contribution in [0.25, 0.3) is 0 Å². The van der Waals surface area contributed by atoms with Gasteiger partial charge in [0.05, 0.1) is 23.8 Å². The Bertz CT molecular complexity index is 544. The fraction of sp³-hybridized carbons (Fsp3) is 0.273. The van der Waals surface area contributed by atoms with E-state index in [9.17, 15) is 35.9 Å². The van der Waals surface area contributed by atoms with Crippen LogP contribution in [0.3, 0.4) is 0 Å². The van der Waals surface area contributed by atoms with Crippen molar-refractivity contribution in [1.29, 1.82) is 0 Å². The van der Waals surface area contributed by atoms with E-state index in [4.69, 9.17) is 0 Å². The van der Waals surface area contributed by atoms with Gasteiger partial charge in [0, 0.05) is 5.56 Å². The lowest BCUT2D eigenvalue weighted by atomic mass is 9.98. The van der Waals surface area contributed by atoms with Crippen molar-refractivity contribution < 1.29 is 40.7 Å². The molecule has 0 aliphatic rings. The number of rotatable bonds is 2. The number of hydrogen-bond donors (Lipinski definition) is 0. The first-order valence-electron chi connectivity index (χ1n) is 4.88. The van der Waals surface area contributed by atoms with Crippen molar-refractivity contribution in [2.45, 2.75) is 12.4 Å². The van der Waals surface area contributed by atoms with Gasteiger partial charge in [-0.3, -0.25) is 4.79 Å².